The van der Waals surface area contributed by atoms with Crippen LogP contribution in [0.2, 0.25) is 0 Å². The molecule has 1 aromatic carbocycles. The number of hydrogen-bond acceptors (Lipinski definition) is 4. The van der Waals surface area contributed by atoms with Crippen LogP contribution in [0, 0.1) is 12.3 Å². The van der Waals surface area contributed by atoms with E-state index in [1.807, 2.05) is 0 Å². The van der Waals surface area contributed by atoms with Gasteiger partial charge >= 0.3 is 5.97 Å². The Morgan fingerprint density at radius 1 is 1.42 bits per heavy atom. The first kappa shape index (κ1) is 19.4. The molecule has 7 nitrogen and oxygen atoms in total. The minimum Gasteiger partial charge on any atom is -0.480 e. The molecule has 128 valence electrons. The highest BCUT2D eigenvalue weighted by Crippen LogP contribution is 2.12. The van der Waals surface area contributed by atoms with Crippen molar-refractivity contribution >= 4 is 21.9 Å². The van der Waals surface area contributed by atoms with E-state index in [2.05, 4.69) is 22.5 Å². The van der Waals surface area contributed by atoms with E-state index in [1.165, 1.54) is 18.2 Å². The van der Waals surface area contributed by atoms with Crippen molar-refractivity contribution < 1.29 is 23.1 Å². The molecule has 24 heavy (non-hydrogen) atoms. The first-order chi connectivity index (χ1) is 11.3. The molecular weight excluding hydrogens is 332 g/mol. The molecule has 8 heteroatoms. The normalized spacial score (nSPS) is 12.0. The molecule has 0 aliphatic heterocycles. The number of nitrogens with one attached hydrogen (secondary N) is 2. The van der Waals surface area contributed by atoms with Gasteiger partial charge in [0, 0.05) is 5.56 Å². The first-order valence-electron chi connectivity index (χ1n) is 6.99. The fourth-order valence-electron chi connectivity index (χ4n) is 1.81. The molecule has 0 saturated carbocycles. The zero-order valence-electron chi connectivity index (χ0n) is 12.9. The van der Waals surface area contributed by atoms with Gasteiger partial charge in [0.15, 0.2) is 0 Å². The molecule has 0 aliphatic carbocycles. The molecule has 1 aromatic rings. The Hall–Kier alpha value is -2.63. The highest BCUT2D eigenvalue weighted by atomic mass is 32.2. The van der Waals surface area contributed by atoms with Crippen LogP contribution in [-0.2, 0) is 14.8 Å². The van der Waals surface area contributed by atoms with E-state index >= 15 is 0 Å². The second kappa shape index (κ2) is 8.86. The van der Waals surface area contributed by atoms with Crippen LogP contribution in [0.15, 0.2) is 41.8 Å². The van der Waals surface area contributed by atoms with Crippen LogP contribution in [0.25, 0.3) is 0 Å². The number of benzene rings is 1. The third-order valence-corrected chi connectivity index (χ3v) is 4.43. The molecule has 0 saturated heterocycles. The van der Waals surface area contributed by atoms with Crippen molar-refractivity contribution in [2.75, 3.05) is 6.54 Å². The summed E-state index contributed by atoms with van der Waals surface area (Å²) in [6, 6.07) is 4.15. The number of terminal acetylenes is 1. The predicted octanol–water partition coefficient (Wildman–Crippen LogP) is 0.747. The summed E-state index contributed by atoms with van der Waals surface area (Å²) >= 11 is 0. The summed E-state index contributed by atoms with van der Waals surface area (Å²) < 4.78 is 26.2. The highest BCUT2D eigenvalue weighted by Gasteiger charge is 2.21. The van der Waals surface area contributed by atoms with Gasteiger partial charge in [-0.1, -0.05) is 18.1 Å². The molecule has 0 radical (unpaired) electrons. The lowest BCUT2D eigenvalue weighted by molar-refractivity contribution is -0.139. The average molecular weight is 350 g/mol. The molecule has 0 heterocycles. The number of carbonyl (C=O) groups excluding carboxylic acids is 1. The summed E-state index contributed by atoms with van der Waals surface area (Å²) in [6.07, 6.45) is 7.16. The van der Waals surface area contributed by atoms with E-state index in [0.717, 1.165) is 6.07 Å². The molecule has 0 spiro atoms. The Kier molecular flexibility index (Phi) is 7.17. The summed E-state index contributed by atoms with van der Waals surface area (Å²) in [6.45, 7) is 3.32. The van der Waals surface area contributed by atoms with Gasteiger partial charge in [0.2, 0.25) is 10.0 Å². The number of carboxylic acid groups (broad SMARTS) is 1. The number of sulfonamides is 1. The highest BCUT2D eigenvalue weighted by molar-refractivity contribution is 7.89. The summed E-state index contributed by atoms with van der Waals surface area (Å²) in [5.41, 5.74) is 0.0310. The van der Waals surface area contributed by atoms with E-state index in [4.69, 9.17) is 11.5 Å². The second-order valence-corrected chi connectivity index (χ2v) is 6.55. The summed E-state index contributed by atoms with van der Waals surface area (Å²) in [7, 11) is -3.84. The van der Waals surface area contributed by atoms with Crippen LogP contribution < -0.4 is 10.0 Å². The zero-order valence-corrected chi connectivity index (χ0v) is 13.7. The smallest absolute Gasteiger partial charge is 0.326 e. The van der Waals surface area contributed by atoms with Crippen molar-refractivity contribution in [1.29, 1.82) is 0 Å². The van der Waals surface area contributed by atoms with Gasteiger partial charge in [-0.05, 0) is 31.0 Å². The fraction of sp³-hybridized carbons (Fsp3) is 0.250. The molecule has 0 bridgehead atoms. The average Bonchev–Trinajstić information content (AvgIpc) is 2.56. The number of carboxylic acids is 1. The number of carbonyl (C=O) groups is 2. The third kappa shape index (κ3) is 5.53. The number of hydrogen-bond donors (Lipinski definition) is 3. The lowest BCUT2D eigenvalue weighted by Crippen LogP contribution is -2.40. The van der Waals surface area contributed by atoms with Gasteiger partial charge in [-0.2, -0.15) is 4.72 Å². The van der Waals surface area contributed by atoms with Gasteiger partial charge in [-0.3, -0.25) is 4.79 Å². The third-order valence-electron chi connectivity index (χ3n) is 3.03. The molecule has 1 unspecified atom stereocenters. The summed E-state index contributed by atoms with van der Waals surface area (Å²) in [4.78, 5) is 23.2. The number of aliphatic carboxylic acids is 1. The van der Waals surface area contributed by atoms with Crippen molar-refractivity contribution in [2.45, 2.75) is 23.8 Å². The zero-order chi connectivity index (χ0) is 18.2. The molecule has 0 aromatic heterocycles. The Balaban J connectivity index is 2.96. The summed E-state index contributed by atoms with van der Waals surface area (Å²) in [5, 5.41) is 11.5. The predicted molar refractivity (Wildman–Crippen MR) is 88.8 cm³/mol. The van der Waals surface area contributed by atoms with Crippen molar-refractivity contribution in [2.24, 2.45) is 0 Å². The molecule has 0 aliphatic rings. The van der Waals surface area contributed by atoms with E-state index in [0.29, 0.717) is 6.42 Å². The van der Waals surface area contributed by atoms with Gasteiger partial charge < -0.3 is 10.4 Å². The quantitative estimate of drug-likeness (QED) is 0.449. The van der Waals surface area contributed by atoms with Crippen LogP contribution in [0.3, 0.4) is 0 Å². The Morgan fingerprint density at radius 3 is 2.71 bits per heavy atom. The van der Waals surface area contributed by atoms with E-state index < -0.39 is 27.9 Å². The largest absolute Gasteiger partial charge is 0.480 e. The Bertz CT molecular complexity index is 765. The van der Waals surface area contributed by atoms with Gasteiger partial charge in [-0.25, -0.2) is 13.2 Å². The fourth-order valence-corrected chi connectivity index (χ4v) is 2.79. The lowest BCUT2D eigenvalue weighted by Gasteiger charge is -2.14. The molecular formula is C16H18N2O5S. The van der Waals surface area contributed by atoms with E-state index in [-0.39, 0.29) is 23.4 Å². The standard InChI is InChI=1S/C16H18N2O5S/c1-3-5-9-14(16(20)21)18-15(19)12-7-6-8-13(11-12)24(22,23)17-10-4-2/h2-3,6-8,11,14,17H,1,5,9-10H2,(H,18,19)(H,20,21). The molecule has 0 fully saturated rings. The van der Waals surface area contributed by atoms with Gasteiger partial charge in [-0.15, -0.1) is 13.0 Å². The van der Waals surface area contributed by atoms with Gasteiger partial charge in [0.1, 0.15) is 6.04 Å². The Morgan fingerprint density at radius 2 is 2.12 bits per heavy atom. The molecule has 1 amide bonds. The topological polar surface area (TPSA) is 113 Å². The molecule has 1 rings (SSSR count). The minimum atomic E-state index is -3.84. The first-order valence-corrected chi connectivity index (χ1v) is 8.48. The van der Waals surface area contributed by atoms with Crippen LogP contribution in [0.5, 0.6) is 0 Å². The van der Waals surface area contributed by atoms with E-state index in [1.54, 1.807) is 6.08 Å². The summed E-state index contributed by atoms with van der Waals surface area (Å²) in [5.74, 6) is 0.290. The van der Waals surface area contributed by atoms with Gasteiger partial charge in [0.05, 0.1) is 11.4 Å². The maximum Gasteiger partial charge on any atom is 0.326 e. The van der Waals surface area contributed by atoms with Crippen molar-refractivity contribution in [3.05, 3.63) is 42.5 Å². The van der Waals surface area contributed by atoms with Crippen LogP contribution in [0.4, 0.5) is 0 Å². The molecule has 3 N–H and O–H groups in total. The lowest BCUT2D eigenvalue weighted by atomic mass is 10.1. The number of allylic oxidation sites excluding steroid dienone is 1. The molecule has 1 atom stereocenters. The van der Waals surface area contributed by atoms with Crippen molar-refractivity contribution in [3.63, 3.8) is 0 Å². The Labute approximate surface area is 140 Å². The maximum absolute atomic E-state index is 12.2. The van der Waals surface area contributed by atoms with Crippen molar-refractivity contribution in [1.82, 2.24) is 10.0 Å². The SMILES string of the molecule is C#CCNS(=O)(=O)c1cccc(C(=O)NC(CCC=C)C(=O)O)c1. The van der Waals surface area contributed by atoms with Crippen molar-refractivity contribution in [3.8, 4) is 12.3 Å². The second-order valence-electron chi connectivity index (χ2n) is 4.79. The number of rotatable bonds is 9. The van der Waals surface area contributed by atoms with Crippen LogP contribution in [-0.4, -0.2) is 38.0 Å². The van der Waals surface area contributed by atoms with Crippen LogP contribution in [0.1, 0.15) is 23.2 Å². The maximum atomic E-state index is 12.2. The van der Waals surface area contributed by atoms with Crippen LogP contribution >= 0.6 is 0 Å². The van der Waals surface area contributed by atoms with Gasteiger partial charge in [0.25, 0.3) is 5.91 Å². The minimum absolute atomic E-state index is 0.0310. The monoisotopic (exact) mass is 350 g/mol. The van der Waals surface area contributed by atoms with E-state index in [9.17, 15) is 18.0 Å². The number of amides is 1.